The average Bonchev–Trinajstić information content (AvgIpc) is 3.23. The maximum Gasteiger partial charge on any atom is 0.0970 e. The van der Waals surface area contributed by atoms with Gasteiger partial charge in [-0.2, -0.15) is 0 Å². The molecule has 0 aromatic heterocycles. The van der Waals surface area contributed by atoms with Crippen molar-refractivity contribution in [1.29, 1.82) is 0 Å². The van der Waals surface area contributed by atoms with E-state index >= 15 is 0 Å². The van der Waals surface area contributed by atoms with Crippen LogP contribution >= 0.6 is 0 Å². The second kappa shape index (κ2) is 4.80. The molecule has 1 aromatic rings. The minimum atomic E-state index is -0.695. The lowest BCUT2D eigenvalue weighted by Crippen LogP contribution is -2.51. The number of aliphatic hydroxyl groups is 1. The summed E-state index contributed by atoms with van der Waals surface area (Å²) < 4.78 is 0. The van der Waals surface area contributed by atoms with E-state index in [0.717, 1.165) is 25.8 Å². The molecule has 19 heavy (non-hydrogen) atoms. The summed E-state index contributed by atoms with van der Waals surface area (Å²) in [4.78, 5) is 2.34. The summed E-state index contributed by atoms with van der Waals surface area (Å²) in [6, 6.07) is 6.64. The molecule has 1 aromatic carbocycles. The molecule has 0 saturated heterocycles. The predicted molar refractivity (Wildman–Crippen MR) is 78.4 cm³/mol. The van der Waals surface area contributed by atoms with E-state index in [2.05, 4.69) is 30.0 Å². The molecule has 2 aliphatic rings. The first-order valence-corrected chi connectivity index (χ1v) is 7.39. The summed E-state index contributed by atoms with van der Waals surface area (Å²) >= 11 is 0. The van der Waals surface area contributed by atoms with Crippen molar-refractivity contribution in [1.82, 2.24) is 0 Å². The van der Waals surface area contributed by atoms with Gasteiger partial charge >= 0.3 is 0 Å². The van der Waals surface area contributed by atoms with E-state index in [1.165, 1.54) is 23.2 Å². The topological polar surface area (TPSA) is 49.5 Å². The summed E-state index contributed by atoms with van der Waals surface area (Å²) in [5.41, 5.74) is 9.17. The number of anilines is 1. The van der Waals surface area contributed by atoms with Crippen LogP contribution in [0.4, 0.5) is 5.69 Å². The lowest BCUT2D eigenvalue weighted by atomic mass is 9.93. The number of β-amino-alcohol motifs (C(OH)–C–C–N with tert-alkyl or cyclic N) is 1. The smallest absolute Gasteiger partial charge is 0.0970 e. The molecule has 1 saturated carbocycles. The van der Waals surface area contributed by atoms with Gasteiger partial charge in [0.25, 0.3) is 0 Å². The van der Waals surface area contributed by atoms with Crippen LogP contribution in [-0.2, 0) is 6.42 Å². The van der Waals surface area contributed by atoms with Gasteiger partial charge in [-0.15, -0.1) is 0 Å². The molecular weight excluding hydrogens is 236 g/mol. The van der Waals surface area contributed by atoms with Crippen LogP contribution in [0.25, 0.3) is 0 Å². The van der Waals surface area contributed by atoms with Crippen molar-refractivity contribution in [3.8, 4) is 0 Å². The number of nitrogens with two attached hydrogens (primary N) is 1. The number of fused-ring (bicyclic) bond motifs is 1. The first-order valence-electron chi connectivity index (χ1n) is 7.39. The molecule has 1 unspecified atom stereocenters. The summed E-state index contributed by atoms with van der Waals surface area (Å²) in [5.74, 6) is 0.410. The van der Waals surface area contributed by atoms with E-state index in [1.807, 2.05) is 0 Å². The zero-order chi connectivity index (χ0) is 13.5. The van der Waals surface area contributed by atoms with Gasteiger partial charge in [-0.1, -0.05) is 17.7 Å². The van der Waals surface area contributed by atoms with Crippen LogP contribution in [0.2, 0.25) is 0 Å². The summed E-state index contributed by atoms with van der Waals surface area (Å²) in [6.45, 7) is 4.23. The van der Waals surface area contributed by atoms with E-state index in [4.69, 9.17) is 5.73 Å². The fraction of sp³-hybridized carbons (Fsp3) is 0.625. The molecule has 104 valence electrons. The molecular formula is C16H24N2O. The van der Waals surface area contributed by atoms with Gasteiger partial charge in [0.1, 0.15) is 0 Å². The standard InChI is InChI=1S/C16H24N2O/c1-12-4-7-15-13(9-12)3-2-8-18(15)11-16(19,10-17)14-5-6-14/h4,7,9,14,19H,2-3,5-6,8,10-11,17H2,1H3. The van der Waals surface area contributed by atoms with Crippen molar-refractivity contribution < 1.29 is 5.11 Å². The van der Waals surface area contributed by atoms with Crippen molar-refractivity contribution in [2.24, 2.45) is 11.7 Å². The van der Waals surface area contributed by atoms with E-state index in [-0.39, 0.29) is 0 Å². The molecule has 0 bridgehead atoms. The van der Waals surface area contributed by atoms with Gasteiger partial charge in [0.2, 0.25) is 0 Å². The Balaban J connectivity index is 1.83. The Bertz CT molecular complexity index is 470. The Kier molecular flexibility index (Phi) is 3.27. The molecule has 1 heterocycles. The normalized spacial score (nSPS) is 21.9. The zero-order valence-electron chi connectivity index (χ0n) is 11.7. The highest BCUT2D eigenvalue weighted by Crippen LogP contribution is 2.41. The quantitative estimate of drug-likeness (QED) is 0.868. The maximum absolute atomic E-state index is 10.7. The first kappa shape index (κ1) is 12.9. The van der Waals surface area contributed by atoms with Crippen LogP contribution in [0.3, 0.4) is 0 Å². The predicted octanol–water partition coefficient (Wildman–Crippen LogP) is 1.85. The third kappa shape index (κ3) is 2.49. The lowest BCUT2D eigenvalue weighted by Gasteiger charge is -2.38. The monoisotopic (exact) mass is 260 g/mol. The third-order valence-electron chi connectivity index (χ3n) is 4.61. The molecule has 3 heteroatoms. The van der Waals surface area contributed by atoms with Crippen LogP contribution in [-0.4, -0.2) is 30.3 Å². The Hall–Kier alpha value is -1.06. The van der Waals surface area contributed by atoms with Gasteiger partial charge in [0.15, 0.2) is 0 Å². The highest BCUT2D eigenvalue weighted by Gasteiger charge is 2.44. The molecule has 1 aliphatic heterocycles. The molecule has 3 N–H and O–H groups in total. The first-order chi connectivity index (χ1) is 9.12. The summed E-state index contributed by atoms with van der Waals surface area (Å²) in [5, 5.41) is 10.7. The van der Waals surface area contributed by atoms with E-state index in [1.54, 1.807) is 0 Å². The van der Waals surface area contributed by atoms with Crippen LogP contribution in [0.5, 0.6) is 0 Å². The Morgan fingerprint density at radius 2 is 2.21 bits per heavy atom. The molecule has 3 nitrogen and oxygen atoms in total. The lowest BCUT2D eigenvalue weighted by molar-refractivity contribution is 0.0331. The van der Waals surface area contributed by atoms with Crippen molar-refractivity contribution >= 4 is 5.69 Å². The molecule has 0 spiro atoms. The minimum Gasteiger partial charge on any atom is -0.386 e. The van der Waals surface area contributed by atoms with Crippen LogP contribution in [0.15, 0.2) is 18.2 Å². The second-order valence-electron chi connectivity index (χ2n) is 6.24. The largest absolute Gasteiger partial charge is 0.386 e. The van der Waals surface area contributed by atoms with Crippen molar-refractivity contribution in [2.75, 3.05) is 24.5 Å². The molecule has 0 radical (unpaired) electrons. The van der Waals surface area contributed by atoms with Gasteiger partial charge in [0, 0.05) is 25.3 Å². The van der Waals surface area contributed by atoms with Crippen molar-refractivity contribution in [2.45, 2.75) is 38.2 Å². The number of benzene rings is 1. The number of hydrogen-bond acceptors (Lipinski definition) is 3. The van der Waals surface area contributed by atoms with Gasteiger partial charge in [-0.3, -0.25) is 0 Å². The minimum absolute atomic E-state index is 0.370. The number of hydrogen-bond donors (Lipinski definition) is 2. The Morgan fingerprint density at radius 1 is 1.42 bits per heavy atom. The van der Waals surface area contributed by atoms with E-state index < -0.39 is 5.60 Å². The van der Waals surface area contributed by atoms with E-state index in [9.17, 15) is 5.11 Å². The summed E-state index contributed by atoms with van der Waals surface area (Å²) in [7, 11) is 0. The highest BCUT2D eigenvalue weighted by atomic mass is 16.3. The highest BCUT2D eigenvalue weighted by molar-refractivity contribution is 5.57. The molecule has 1 aliphatic carbocycles. The fourth-order valence-electron chi connectivity index (χ4n) is 3.28. The Labute approximate surface area is 115 Å². The zero-order valence-corrected chi connectivity index (χ0v) is 11.7. The fourth-order valence-corrected chi connectivity index (χ4v) is 3.28. The molecule has 0 amide bonds. The SMILES string of the molecule is Cc1ccc2c(c1)CCCN2CC(O)(CN)C1CC1. The van der Waals surface area contributed by atoms with Gasteiger partial charge in [-0.25, -0.2) is 0 Å². The van der Waals surface area contributed by atoms with Crippen LogP contribution in [0.1, 0.15) is 30.4 Å². The third-order valence-corrected chi connectivity index (χ3v) is 4.61. The number of aryl methyl sites for hydroxylation is 2. The average molecular weight is 260 g/mol. The summed E-state index contributed by atoms with van der Waals surface area (Å²) in [6.07, 6.45) is 4.57. The second-order valence-corrected chi connectivity index (χ2v) is 6.24. The van der Waals surface area contributed by atoms with Gasteiger partial charge in [-0.05, 0) is 50.2 Å². The van der Waals surface area contributed by atoms with E-state index in [0.29, 0.717) is 19.0 Å². The van der Waals surface area contributed by atoms with Gasteiger partial charge in [0.05, 0.1) is 5.60 Å². The van der Waals surface area contributed by atoms with Crippen LogP contribution in [0, 0.1) is 12.8 Å². The van der Waals surface area contributed by atoms with Crippen LogP contribution < -0.4 is 10.6 Å². The maximum atomic E-state index is 10.7. The number of nitrogens with zero attached hydrogens (tertiary/aromatic N) is 1. The number of rotatable bonds is 4. The molecule has 1 atom stereocenters. The molecule has 3 rings (SSSR count). The van der Waals surface area contributed by atoms with Gasteiger partial charge < -0.3 is 15.7 Å². The Morgan fingerprint density at radius 3 is 2.89 bits per heavy atom. The van der Waals surface area contributed by atoms with Crippen molar-refractivity contribution in [3.05, 3.63) is 29.3 Å². The van der Waals surface area contributed by atoms with Crippen molar-refractivity contribution in [3.63, 3.8) is 0 Å². The molecule has 1 fully saturated rings.